The van der Waals surface area contributed by atoms with Crippen LogP contribution in [0.25, 0.3) is 0 Å². The van der Waals surface area contributed by atoms with Crippen molar-refractivity contribution < 1.29 is 9.36 Å². The van der Waals surface area contributed by atoms with Gasteiger partial charge in [-0.2, -0.15) is 4.57 Å². The Labute approximate surface area is 142 Å². The van der Waals surface area contributed by atoms with Gasteiger partial charge in [-0.15, -0.1) is 0 Å². The Kier molecular flexibility index (Phi) is 5.02. The zero-order valence-corrected chi connectivity index (χ0v) is 13.7. The van der Waals surface area contributed by atoms with E-state index < -0.39 is 0 Å². The van der Waals surface area contributed by atoms with Crippen LogP contribution in [-0.2, 0) is 11.3 Å². The minimum atomic E-state index is -0.147. The molecule has 0 saturated carbocycles. The third kappa shape index (κ3) is 4.07. The quantitative estimate of drug-likeness (QED) is 0.720. The van der Waals surface area contributed by atoms with Crippen LogP contribution in [0.4, 0.5) is 0 Å². The molecule has 3 heteroatoms. The van der Waals surface area contributed by atoms with E-state index in [1.54, 1.807) is 0 Å². The molecule has 0 atom stereocenters. The predicted octanol–water partition coefficient (Wildman–Crippen LogP) is 3.19. The fourth-order valence-electron chi connectivity index (χ4n) is 2.66. The van der Waals surface area contributed by atoms with E-state index in [-0.39, 0.29) is 11.9 Å². The van der Waals surface area contributed by atoms with Crippen molar-refractivity contribution in [3.8, 4) is 0 Å². The van der Waals surface area contributed by atoms with Gasteiger partial charge in [0.2, 0.25) is 6.54 Å². The van der Waals surface area contributed by atoms with Crippen LogP contribution >= 0.6 is 0 Å². The van der Waals surface area contributed by atoms with Crippen LogP contribution in [0.2, 0.25) is 0 Å². The highest BCUT2D eigenvalue weighted by Crippen LogP contribution is 2.21. The number of aromatic nitrogens is 1. The molecular weight excluding hydrogens is 296 g/mol. The summed E-state index contributed by atoms with van der Waals surface area (Å²) in [5.74, 6) is -0.0124. The lowest BCUT2D eigenvalue weighted by Gasteiger charge is -2.19. The van der Waals surface area contributed by atoms with E-state index in [0.29, 0.717) is 6.54 Å². The van der Waals surface area contributed by atoms with E-state index in [1.807, 2.05) is 96.7 Å². The van der Waals surface area contributed by atoms with Crippen LogP contribution in [-0.4, -0.2) is 5.91 Å². The number of carbonyl (C=O) groups is 1. The van der Waals surface area contributed by atoms with Gasteiger partial charge in [0.25, 0.3) is 5.91 Å². The molecule has 3 rings (SSSR count). The number of rotatable bonds is 5. The van der Waals surface area contributed by atoms with Crippen molar-refractivity contribution in [1.82, 2.24) is 5.32 Å². The third-order valence-corrected chi connectivity index (χ3v) is 3.96. The molecule has 1 N–H and O–H groups in total. The highest BCUT2D eigenvalue weighted by atomic mass is 16.2. The van der Waals surface area contributed by atoms with E-state index in [1.165, 1.54) is 5.56 Å². The van der Waals surface area contributed by atoms with E-state index in [9.17, 15) is 4.79 Å². The first-order chi connectivity index (χ1) is 11.7. The number of pyridine rings is 1. The van der Waals surface area contributed by atoms with Gasteiger partial charge in [0.05, 0.1) is 6.04 Å². The number of amides is 1. The summed E-state index contributed by atoms with van der Waals surface area (Å²) in [5.41, 5.74) is 3.33. The Morgan fingerprint density at radius 3 is 1.88 bits per heavy atom. The fourth-order valence-corrected chi connectivity index (χ4v) is 2.66. The molecule has 120 valence electrons. The zero-order valence-electron chi connectivity index (χ0n) is 13.7. The minimum absolute atomic E-state index is 0.0124. The van der Waals surface area contributed by atoms with Crippen molar-refractivity contribution in [1.29, 1.82) is 0 Å². The molecule has 1 heterocycles. The molecule has 0 radical (unpaired) electrons. The molecule has 3 aromatic rings. The maximum atomic E-state index is 12.5. The largest absolute Gasteiger partial charge is 0.340 e. The molecule has 0 aliphatic heterocycles. The van der Waals surface area contributed by atoms with Crippen LogP contribution in [0.5, 0.6) is 0 Å². The van der Waals surface area contributed by atoms with Crippen molar-refractivity contribution >= 4 is 5.91 Å². The molecule has 0 bridgehead atoms. The Hall–Kier alpha value is -2.94. The monoisotopic (exact) mass is 317 g/mol. The first-order valence-corrected chi connectivity index (χ1v) is 8.07. The molecule has 1 amide bonds. The number of nitrogens with zero attached hydrogens (tertiary/aromatic N) is 1. The molecule has 0 saturated heterocycles. The van der Waals surface area contributed by atoms with Crippen molar-refractivity contribution in [3.05, 3.63) is 102 Å². The maximum Gasteiger partial charge on any atom is 0.286 e. The summed E-state index contributed by atoms with van der Waals surface area (Å²) < 4.78 is 1.88. The number of hydrogen-bond acceptors (Lipinski definition) is 1. The van der Waals surface area contributed by atoms with E-state index in [0.717, 1.165) is 11.1 Å². The van der Waals surface area contributed by atoms with Gasteiger partial charge in [-0.1, -0.05) is 60.7 Å². The molecule has 0 spiro atoms. The van der Waals surface area contributed by atoms with Gasteiger partial charge in [0.1, 0.15) is 0 Å². The molecule has 0 fully saturated rings. The molecule has 2 aromatic carbocycles. The van der Waals surface area contributed by atoms with Gasteiger partial charge in [-0.3, -0.25) is 4.79 Å². The van der Waals surface area contributed by atoms with E-state index in [4.69, 9.17) is 0 Å². The summed E-state index contributed by atoms with van der Waals surface area (Å²) in [6.45, 7) is 2.34. The first kappa shape index (κ1) is 15.9. The molecule has 24 heavy (non-hydrogen) atoms. The number of aryl methyl sites for hydroxylation is 1. The molecule has 1 aromatic heterocycles. The topological polar surface area (TPSA) is 33.0 Å². The van der Waals surface area contributed by atoms with E-state index in [2.05, 4.69) is 5.32 Å². The summed E-state index contributed by atoms with van der Waals surface area (Å²) in [5, 5.41) is 3.15. The van der Waals surface area contributed by atoms with Gasteiger partial charge in [0.15, 0.2) is 12.4 Å². The SMILES string of the molecule is Cc1cc[n+](CC(=O)NC(c2ccccc2)c2ccccc2)cc1. The smallest absolute Gasteiger partial charge is 0.286 e. The van der Waals surface area contributed by atoms with Crippen molar-refractivity contribution in [2.45, 2.75) is 19.5 Å². The maximum absolute atomic E-state index is 12.5. The Bertz CT molecular complexity index is 744. The Morgan fingerprint density at radius 2 is 1.38 bits per heavy atom. The average molecular weight is 317 g/mol. The lowest BCUT2D eigenvalue weighted by Crippen LogP contribution is -2.43. The van der Waals surface area contributed by atoms with Crippen LogP contribution in [0.15, 0.2) is 85.2 Å². The summed E-state index contributed by atoms with van der Waals surface area (Å²) in [4.78, 5) is 12.5. The van der Waals surface area contributed by atoms with Gasteiger partial charge in [0, 0.05) is 12.1 Å². The highest BCUT2D eigenvalue weighted by molar-refractivity contribution is 5.75. The fraction of sp³-hybridized carbons (Fsp3) is 0.143. The number of hydrogen-bond donors (Lipinski definition) is 1. The summed E-state index contributed by atoms with van der Waals surface area (Å²) in [6, 6.07) is 23.9. The second-order valence-electron chi connectivity index (χ2n) is 5.87. The molecule has 0 unspecified atom stereocenters. The van der Waals surface area contributed by atoms with Crippen molar-refractivity contribution in [2.24, 2.45) is 0 Å². The second-order valence-corrected chi connectivity index (χ2v) is 5.87. The second kappa shape index (κ2) is 7.55. The Morgan fingerprint density at radius 1 is 0.875 bits per heavy atom. The Balaban J connectivity index is 1.79. The number of benzene rings is 2. The highest BCUT2D eigenvalue weighted by Gasteiger charge is 2.18. The molecule has 0 aliphatic rings. The summed E-state index contributed by atoms with van der Waals surface area (Å²) in [6.07, 6.45) is 3.85. The van der Waals surface area contributed by atoms with Crippen LogP contribution in [0.3, 0.4) is 0 Å². The average Bonchev–Trinajstić information content (AvgIpc) is 2.63. The van der Waals surface area contributed by atoms with Crippen LogP contribution in [0, 0.1) is 6.92 Å². The van der Waals surface area contributed by atoms with Crippen molar-refractivity contribution in [3.63, 3.8) is 0 Å². The van der Waals surface area contributed by atoms with Gasteiger partial charge >= 0.3 is 0 Å². The minimum Gasteiger partial charge on any atom is -0.340 e. The normalized spacial score (nSPS) is 10.6. The van der Waals surface area contributed by atoms with E-state index >= 15 is 0 Å². The molecular formula is C21H21N2O+. The van der Waals surface area contributed by atoms with Crippen LogP contribution < -0.4 is 9.88 Å². The summed E-state index contributed by atoms with van der Waals surface area (Å²) in [7, 11) is 0. The first-order valence-electron chi connectivity index (χ1n) is 8.07. The number of carbonyl (C=O) groups excluding carboxylic acids is 1. The lowest BCUT2D eigenvalue weighted by atomic mass is 9.99. The van der Waals surface area contributed by atoms with Gasteiger partial charge in [-0.05, 0) is 23.6 Å². The van der Waals surface area contributed by atoms with Crippen LogP contribution in [0.1, 0.15) is 22.7 Å². The zero-order chi connectivity index (χ0) is 16.8. The summed E-state index contributed by atoms with van der Waals surface area (Å²) >= 11 is 0. The molecule has 3 nitrogen and oxygen atoms in total. The lowest BCUT2D eigenvalue weighted by molar-refractivity contribution is -0.684. The van der Waals surface area contributed by atoms with Gasteiger partial charge in [-0.25, -0.2) is 0 Å². The molecule has 0 aliphatic carbocycles. The van der Waals surface area contributed by atoms with Gasteiger partial charge < -0.3 is 5.32 Å². The predicted molar refractivity (Wildman–Crippen MR) is 94.2 cm³/mol. The number of nitrogens with one attached hydrogen (secondary N) is 1. The van der Waals surface area contributed by atoms with Crippen molar-refractivity contribution in [2.75, 3.05) is 0 Å². The third-order valence-electron chi connectivity index (χ3n) is 3.96. The standard InChI is InChI=1S/C21H20N2O/c1-17-12-14-23(15-13-17)16-20(24)22-21(18-8-4-2-5-9-18)19-10-6-3-7-11-19/h2-15,21H,16H2,1H3/p+1.